The molecule has 1 aromatic heterocycles. The van der Waals surface area contributed by atoms with Gasteiger partial charge in [-0.05, 0) is 45.9 Å². The molecule has 142 valence electrons. The number of hydrogen-bond donors (Lipinski definition) is 2. The maximum absolute atomic E-state index is 12.7. The molecular weight excluding hydrogens is 380 g/mol. The lowest BCUT2D eigenvalue weighted by Gasteiger charge is -2.22. The number of nitrogens with one attached hydrogen (secondary N) is 2. The Balaban J connectivity index is 2.33. The third kappa shape index (κ3) is 4.60. The van der Waals surface area contributed by atoms with Crippen molar-refractivity contribution >= 4 is 27.5 Å². The van der Waals surface area contributed by atoms with Crippen LogP contribution in [0.1, 0.15) is 49.8 Å². The van der Waals surface area contributed by atoms with Crippen molar-refractivity contribution < 1.29 is 17.7 Å². The van der Waals surface area contributed by atoms with Crippen LogP contribution in [-0.4, -0.2) is 30.5 Å². The van der Waals surface area contributed by atoms with Gasteiger partial charge in [0, 0.05) is 13.0 Å². The van der Waals surface area contributed by atoms with Crippen LogP contribution < -0.4 is 10.0 Å². The molecule has 1 heterocycles. The molecule has 10 heteroatoms. The van der Waals surface area contributed by atoms with Gasteiger partial charge in [0.1, 0.15) is 0 Å². The number of halogens is 1. The van der Waals surface area contributed by atoms with Crippen LogP contribution in [0.5, 0.6) is 0 Å². The third-order valence-corrected chi connectivity index (χ3v) is 5.38. The van der Waals surface area contributed by atoms with Gasteiger partial charge in [0.2, 0.25) is 15.9 Å². The molecule has 26 heavy (non-hydrogen) atoms. The van der Waals surface area contributed by atoms with E-state index in [2.05, 4.69) is 20.2 Å². The molecule has 2 N–H and O–H groups in total. The van der Waals surface area contributed by atoms with Crippen molar-refractivity contribution in [2.75, 3.05) is 0 Å². The van der Waals surface area contributed by atoms with Crippen molar-refractivity contribution in [1.82, 2.24) is 20.2 Å². The van der Waals surface area contributed by atoms with Crippen molar-refractivity contribution in [3.63, 3.8) is 0 Å². The maximum Gasteiger partial charge on any atom is 0.253 e. The van der Waals surface area contributed by atoms with E-state index >= 15 is 0 Å². The molecule has 0 aliphatic heterocycles. The van der Waals surface area contributed by atoms with Crippen LogP contribution in [0.3, 0.4) is 0 Å². The van der Waals surface area contributed by atoms with Gasteiger partial charge in [0.25, 0.3) is 5.91 Å². The molecule has 0 unspecified atom stereocenters. The van der Waals surface area contributed by atoms with E-state index in [9.17, 15) is 13.2 Å². The van der Waals surface area contributed by atoms with Gasteiger partial charge in [-0.1, -0.05) is 16.8 Å². The highest BCUT2D eigenvalue weighted by Gasteiger charge is 2.30. The molecule has 2 aromatic rings. The fourth-order valence-electron chi connectivity index (χ4n) is 2.18. The van der Waals surface area contributed by atoms with Crippen LogP contribution in [0, 0.1) is 6.92 Å². The molecule has 0 spiro atoms. The summed E-state index contributed by atoms with van der Waals surface area (Å²) >= 11 is 6.10. The van der Waals surface area contributed by atoms with E-state index in [1.54, 1.807) is 34.6 Å². The van der Waals surface area contributed by atoms with Gasteiger partial charge in [0.15, 0.2) is 5.82 Å². The molecule has 0 bridgehead atoms. The van der Waals surface area contributed by atoms with Gasteiger partial charge in [0.05, 0.1) is 21.0 Å². The number of carbonyl (C=O) groups excluding carboxylic acids is 1. The molecular formula is C16H21ClN4O4S. The zero-order valence-electron chi connectivity index (χ0n) is 15.1. The number of aromatic nitrogens is 2. The first-order valence-electron chi connectivity index (χ1n) is 7.87. The molecule has 0 radical (unpaired) electrons. The van der Waals surface area contributed by atoms with Crippen LogP contribution in [0.25, 0.3) is 0 Å². The number of hydrogen-bond acceptors (Lipinski definition) is 6. The Morgan fingerprint density at radius 3 is 2.50 bits per heavy atom. The predicted molar refractivity (Wildman–Crippen MR) is 96.4 cm³/mol. The molecule has 0 aliphatic carbocycles. The Morgan fingerprint density at radius 2 is 1.96 bits per heavy atom. The van der Waals surface area contributed by atoms with Gasteiger partial charge in [-0.2, -0.15) is 4.98 Å². The molecule has 8 nitrogen and oxygen atoms in total. The molecule has 0 atom stereocenters. The van der Waals surface area contributed by atoms with E-state index in [0.717, 1.165) is 0 Å². The summed E-state index contributed by atoms with van der Waals surface area (Å²) in [5, 5.41) is 6.68. The van der Waals surface area contributed by atoms with E-state index in [1.807, 2.05) is 0 Å². The number of amides is 1. The first kappa shape index (κ1) is 20.3. The third-order valence-electron chi connectivity index (χ3n) is 3.40. The summed E-state index contributed by atoms with van der Waals surface area (Å²) in [5.41, 5.74) is -0.907. The van der Waals surface area contributed by atoms with Gasteiger partial charge in [-0.3, -0.25) is 4.79 Å². The molecule has 0 saturated heterocycles. The van der Waals surface area contributed by atoms with E-state index < -0.39 is 21.5 Å². The summed E-state index contributed by atoms with van der Waals surface area (Å²) in [6.45, 7) is 8.45. The fraction of sp³-hybridized carbons (Fsp3) is 0.438. The molecule has 0 fully saturated rings. The van der Waals surface area contributed by atoms with Crippen molar-refractivity contribution in [1.29, 1.82) is 0 Å². The summed E-state index contributed by atoms with van der Waals surface area (Å²) in [5.74, 6) is 0.113. The Hall–Kier alpha value is -1.97. The summed E-state index contributed by atoms with van der Waals surface area (Å²) in [7, 11) is -3.75. The predicted octanol–water partition coefficient (Wildman–Crippen LogP) is 2.38. The van der Waals surface area contributed by atoms with Gasteiger partial charge in [-0.25, -0.2) is 13.1 Å². The highest BCUT2D eigenvalue weighted by molar-refractivity contribution is 7.89. The Morgan fingerprint density at radius 1 is 1.31 bits per heavy atom. The fourth-order valence-corrected chi connectivity index (χ4v) is 3.66. The largest absolute Gasteiger partial charge is 0.340 e. The maximum atomic E-state index is 12.7. The number of carbonyl (C=O) groups is 1. The minimum Gasteiger partial charge on any atom is -0.340 e. The molecule has 1 aromatic carbocycles. The molecule has 0 saturated carbocycles. The lowest BCUT2D eigenvalue weighted by Crippen LogP contribution is -2.42. The van der Waals surface area contributed by atoms with Crippen molar-refractivity contribution in [3.05, 3.63) is 40.5 Å². The Kier molecular flexibility index (Phi) is 5.74. The number of rotatable bonds is 6. The van der Waals surface area contributed by atoms with Crippen molar-refractivity contribution in [2.24, 2.45) is 0 Å². The minimum atomic E-state index is -3.75. The van der Waals surface area contributed by atoms with Crippen LogP contribution in [0.15, 0.2) is 27.6 Å². The van der Waals surface area contributed by atoms with Crippen molar-refractivity contribution in [3.8, 4) is 0 Å². The average molecular weight is 401 g/mol. The summed E-state index contributed by atoms with van der Waals surface area (Å²) < 4.78 is 32.0. The van der Waals surface area contributed by atoms with Gasteiger partial charge >= 0.3 is 0 Å². The van der Waals surface area contributed by atoms with Crippen LogP contribution in [0.4, 0.5) is 0 Å². The highest BCUT2D eigenvalue weighted by atomic mass is 35.5. The first-order valence-corrected chi connectivity index (χ1v) is 9.73. The quantitative estimate of drug-likeness (QED) is 0.769. The van der Waals surface area contributed by atoms with Crippen LogP contribution in [0.2, 0.25) is 5.02 Å². The first-order chi connectivity index (χ1) is 11.9. The zero-order chi connectivity index (χ0) is 19.7. The Bertz CT molecular complexity index is 922. The highest BCUT2D eigenvalue weighted by Crippen LogP contribution is 2.23. The number of aryl methyl sites for hydroxylation is 1. The summed E-state index contributed by atoms with van der Waals surface area (Å²) in [6.07, 6.45) is 0. The second-order valence-electron chi connectivity index (χ2n) is 6.63. The van der Waals surface area contributed by atoms with E-state index in [-0.39, 0.29) is 21.5 Å². The smallest absolute Gasteiger partial charge is 0.253 e. The molecule has 0 aliphatic rings. The number of sulfonamides is 1. The summed E-state index contributed by atoms with van der Waals surface area (Å²) in [4.78, 5) is 16.7. The van der Waals surface area contributed by atoms with E-state index in [1.165, 1.54) is 18.2 Å². The number of nitrogens with zero attached hydrogens (tertiary/aromatic N) is 2. The monoisotopic (exact) mass is 400 g/mol. The van der Waals surface area contributed by atoms with Gasteiger partial charge < -0.3 is 9.84 Å². The minimum absolute atomic E-state index is 0.0339. The van der Waals surface area contributed by atoms with Crippen LogP contribution >= 0.6 is 11.6 Å². The summed E-state index contributed by atoms with van der Waals surface area (Å²) in [6, 6.07) is 3.67. The Labute approximate surface area is 157 Å². The molecule has 2 rings (SSSR count). The second-order valence-corrected chi connectivity index (χ2v) is 8.75. The number of benzene rings is 1. The SMILES string of the molecule is Cc1nc(C(C)(C)NC(=O)c2cc(S(=O)(=O)NC(C)C)ccc2Cl)no1. The average Bonchev–Trinajstić information content (AvgIpc) is 2.93. The normalized spacial score (nSPS) is 12.4. The second kappa shape index (κ2) is 7.34. The van der Waals surface area contributed by atoms with E-state index in [0.29, 0.717) is 11.7 Å². The lowest BCUT2D eigenvalue weighted by molar-refractivity contribution is 0.0907. The van der Waals surface area contributed by atoms with Crippen LogP contribution in [-0.2, 0) is 15.6 Å². The van der Waals surface area contributed by atoms with Crippen molar-refractivity contribution in [2.45, 2.75) is 51.1 Å². The molecule has 1 amide bonds. The lowest BCUT2D eigenvalue weighted by atomic mass is 10.0. The zero-order valence-corrected chi connectivity index (χ0v) is 16.7. The van der Waals surface area contributed by atoms with Gasteiger partial charge in [-0.15, -0.1) is 0 Å². The van der Waals surface area contributed by atoms with E-state index in [4.69, 9.17) is 16.1 Å². The topological polar surface area (TPSA) is 114 Å². The standard InChI is InChI=1S/C16H21ClN4O4S/c1-9(2)21-26(23,24)11-6-7-13(17)12(8-11)14(22)19-16(4,5)15-18-10(3)25-20-15/h6-9,21H,1-5H3,(H,19,22).